The number of carbonyl (C=O) groups is 2. The molecule has 2 N–H and O–H groups in total. The molecule has 3 amide bonds. The topological polar surface area (TPSA) is 74.6 Å². The molecular weight excluding hydrogens is 294 g/mol. The van der Waals surface area contributed by atoms with Crippen molar-refractivity contribution in [3.63, 3.8) is 0 Å². The van der Waals surface area contributed by atoms with Crippen molar-refractivity contribution in [1.29, 1.82) is 0 Å². The van der Waals surface area contributed by atoms with Crippen molar-refractivity contribution >= 4 is 11.9 Å². The maximum Gasteiger partial charge on any atom is 0.315 e. The molecular formula is C17H25N3O3. The lowest BCUT2D eigenvalue weighted by Gasteiger charge is -2.32. The van der Waals surface area contributed by atoms with Gasteiger partial charge >= 0.3 is 6.03 Å². The third-order valence-electron chi connectivity index (χ3n) is 4.83. The Hall–Kier alpha value is -1.98. The average molecular weight is 319 g/mol. The van der Waals surface area contributed by atoms with Crippen LogP contribution >= 0.6 is 0 Å². The molecule has 1 saturated carbocycles. The van der Waals surface area contributed by atoms with Gasteiger partial charge in [0.1, 0.15) is 6.26 Å². The van der Waals surface area contributed by atoms with Crippen LogP contribution in [0.25, 0.3) is 0 Å². The molecule has 0 spiro atoms. The van der Waals surface area contributed by atoms with Gasteiger partial charge in [0.15, 0.2) is 0 Å². The summed E-state index contributed by atoms with van der Waals surface area (Å²) in [6, 6.07) is 2.10. The van der Waals surface area contributed by atoms with Gasteiger partial charge in [-0.1, -0.05) is 19.3 Å². The fourth-order valence-electron chi connectivity index (χ4n) is 3.46. The Kier molecular flexibility index (Phi) is 5.20. The van der Waals surface area contributed by atoms with Gasteiger partial charge in [0.05, 0.1) is 11.8 Å². The van der Waals surface area contributed by atoms with Crippen molar-refractivity contribution < 1.29 is 14.0 Å². The number of hydrogen-bond acceptors (Lipinski definition) is 3. The highest BCUT2D eigenvalue weighted by molar-refractivity contribution is 5.93. The smallest absolute Gasteiger partial charge is 0.315 e. The number of furan rings is 1. The lowest BCUT2D eigenvalue weighted by Crippen LogP contribution is -2.51. The van der Waals surface area contributed by atoms with Gasteiger partial charge in [-0.3, -0.25) is 4.79 Å². The minimum absolute atomic E-state index is 0.00357. The monoisotopic (exact) mass is 319 g/mol. The van der Waals surface area contributed by atoms with Gasteiger partial charge in [-0.15, -0.1) is 0 Å². The number of hydrogen-bond donors (Lipinski definition) is 2. The Balaban J connectivity index is 1.40. The van der Waals surface area contributed by atoms with Crippen molar-refractivity contribution in [1.82, 2.24) is 15.5 Å². The van der Waals surface area contributed by atoms with Gasteiger partial charge in [-0.05, 0) is 31.7 Å². The molecule has 2 fully saturated rings. The zero-order valence-electron chi connectivity index (χ0n) is 13.4. The van der Waals surface area contributed by atoms with Crippen LogP contribution in [0.5, 0.6) is 0 Å². The van der Waals surface area contributed by atoms with E-state index in [1.165, 1.54) is 31.8 Å². The SMILES string of the molecule is O=C(NC1CCCCC1)NC1CCN(C(=O)c2ccoc2)CC1. The number of amides is 3. The van der Waals surface area contributed by atoms with Crippen LogP contribution in [0.4, 0.5) is 4.79 Å². The second-order valence-electron chi connectivity index (χ2n) is 6.53. The van der Waals surface area contributed by atoms with Gasteiger partial charge < -0.3 is 20.0 Å². The van der Waals surface area contributed by atoms with E-state index in [1.807, 2.05) is 4.90 Å². The summed E-state index contributed by atoms with van der Waals surface area (Å²) in [7, 11) is 0. The molecule has 3 rings (SSSR count). The zero-order chi connectivity index (χ0) is 16.1. The standard InChI is InChI=1S/C17H25N3O3/c21-16(13-8-11-23-12-13)20-9-6-15(7-10-20)19-17(22)18-14-4-2-1-3-5-14/h8,11-12,14-15H,1-7,9-10H2,(H2,18,19,22). The Morgan fingerprint density at radius 3 is 2.26 bits per heavy atom. The zero-order valence-corrected chi connectivity index (χ0v) is 13.4. The van der Waals surface area contributed by atoms with E-state index in [9.17, 15) is 9.59 Å². The van der Waals surface area contributed by atoms with E-state index in [0.717, 1.165) is 25.7 Å². The number of nitrogens with zero attached hydrogens (tertiary/aromatic N) is 1. The summed E-state index contributed by atoms with van der Waals surface area (Å²) in [6.07, 6.45) is 10.4. The van der Waals surface area contributed by atoms with Gasteiger partial charge in [0, 0.05) is 25.2 Å². The second-order valence-corrected chi connectivity index (χ2v) is 6.53. The summed E-state index contributed by atoms with van der Waals surface area (Å²) >= 11 is 0. The summed E-state index contributed by atoms with van der Waals surface area (Å²) in [5.41, 5.74) is 0.589. The number of piperidine rings is 1. The molecule has 2 heterocycles. The number of carbonyl (C=O) groups excluding carboxylic acids is 2. The van der Waals surface area contributed by atoms with Crippen LogP contribution < -0.4 is 10.6 Å². The lowest BCUT2D eigenvalue weighted by molar-refractivity contribution is 0.0707. The van der Waals surface area contributed by atoms with Crippen molar-refractivity contribution in [3.05, 3.63) is 24.2 Å². The molecule has 0 atom stereocenters. The van der Waals surface area contributed by atoms with Crippen LogP contribution in [-0.2, 0) is 0 Å². The van der Waals surface area contributed by atoms with Crippen LogP contribution in [-0.4, -0.2) is 42.0 Å². The summed E-state index contributed by atoms with van der Waals surface area (Å²) in [4.78, 5) is 26.1. The third kappa shape index (κ3) is 4.27. The highest BCUT2D eigenvalue weighted by atomic mass is 16.3. The maximum absolute atomic E-state index is 12.2. The first-order valence-electron chi connectivity index (χ1n) is 8.61. The van der Waals surface area contributed by atoms with E-state index < -0.39 is 0 Å². The van der Waals surface area contributed by atoms with Gasteiger partial charge in [-0.25, -0.2) is 4.79 Å². The van der Waals surface area contributed by atoms with Crippen LogP contribution in [0.2, 0.25) is 0 Å². The summed E-state index contributed by atoms with van der Waals surface area (Å²) in [5.74, 6) is 0.00357. The Morgan fingerprint density at radius 2 is 1.65 bits per heavy atom. The maximum atomic E-state index is 12.2. The van der Waals surface area contributed by atoms with E-state index in [4.69, 9.17) is 4.42 Å². The third-order valence-corrected chi connectivity index (χ3v) is 4.83. The van der Waals surface area contributed by atoms with Gasteiger partial charge in [0.25, 0.3) is 5.91 Å². The van der Waals surface area contributed by atoms with E-state index >= 15 is 0 Å². The molecule has 1 aromatic rings. The average Bonchev–Trinajstić information content (AvgIpc) is 3.10. The predicted octanol–water partition coefficient (Wildman–Crippen LogP) is 2.52. The van der Waals surface area contributed by atoms with E-state index in [2.05, 4.69) is 10.6 Å². The summed E-state index contributed by atoms with van der Waals surface area (Å²) in [5, 5.41) is 6.13. The van der Waals surface area contributed by atoms with Crippen molar-refractivity contribution in [2.45, 2.75) is 57.0 Å². The molecule has 23 heavy (non-hydrogen) atoms. The number of nitrogens with one attached hydrogen (secondary N) is 2. The Bertz CT molecular complexity index is 515. The van der Waals surface area contributed by atoms with Crippen molar-refractivity contribution in [2.24, 2.45) is 0 Å². The van der Waals surface area contributed by atoms with E-state index in [0.29, 0.717) is 24.7 Å². The Morgan fingerprint density at radius 1 is 1.00 bits per heavy atom. The number of urea groups is 1. The highest BCUT2D eigenvalue weighted by Crippen LogP contribution is 2.18. The number of rotatable bonds is 3. The van der Waals surface area contributed by atoms with E-state index in [-0.39, 0.29) is 18.0 Å². The molecule has 126 valence electrons. The summed E-state index contributed by atoms with van der Waals surface area (Å²) < 4.78 is 4.96. The molecule has 1 aliphatic carbocycles. The molecule has 6 nitrogen and oxygen atoms in total. The molecule has 1 aliphatic heterocycles. The second kappa shape index (κ2) is 7.53. The molecule has 0 radical (unpaired) electrons. The first kappa shape index (κ1) is 15.9. The van der Waals surface area contributed by atoms with Gasteiger partial charge in [0.2, 0.25) is 0 Å². The number of likely N-dealkylation sites (tertiary alicyclic amines) is 1. The van der Waals surface area contributed by atoms with Gasteiger partial charge in [-0.2, -0.15) is 0 Å². The largest absolute Gasteiger partial charge is 0.472 e. The van der Waals surface area contributed by atoms with Crippen molar-refractivity contribution in [3.8, 4) is 0 Å². The molecule has 0 bridgehead atoms. The fraction of sp³-hybridized carbons (Fsp3) is 0.647. The van der Waals surface area contributed by atoms with Crippen LogP contribution in [0.15, 0.2) is 23.0 Å². The molecule has 2 aliphatic rings. The van der Waals surface area contributed by atoms with Crippen LogP contribution in [0, 0.1) is 0 Å². The fourth-order valence-corrected chi connectivity index (χ4v) is 3.46. The van der Waals surface area contributed by atoms with Crippen LogP contribution in [0.1, 0.15) is 55.3 Å². The Labute approximate surface area is 136 Å². The highest BCUT2D eigenvalue weighted by Gasteiger charge is 2.25. The normalized spacial score (nSPS) is 20.3. The first-order valence-corrected chi connectivity index (χ1v) is 8.61. The minimum Gasteiger partial charge on any atom is -0.472 e. The molecule has 1 saturated heterocycles. The van der Waals surface area contributed by atoms with Crippen LogP contribution in [0.3, 0.4) is 0 Å². The molecule has 6 heteroatoms. The predicted molar refractivity (Wildman–Crippen MR) is 86.2 cm³/mol. The minimum atomic E-state index is -0.0588. The first-order chi connectivity index (χ1) is 11.2. The summed E-state index contributed by atoms with van der Waals surface area (Å²) in [6.45, 7) is 1.33. The molecule has 0 aromatic carbocycles. The molecule has 1 aromatic heterocycles. The lowest BCUT2D eigenvalue weighted by atomic mass is 9.96. The van der Waals surface area contributed by atoms with E-state index in [1.54, 1.807) is 6.07 Å². The molecule has 0 unspecified atom stereocenters. The quantitative estimate of drug-likeness (QED) is 0.899. The van der Waals surface area contributed by atoms with Crippen molar-refractivity contribution in [2.75, 3.05) is 13.1 Å².